The Labute approximate surface area is 177 Å². The van der Waals surface area contributed by atoms with Crippen LogP contribution in [0.1, 0.15) is 10.5 Å². The molecular formula is C18H11ClFN5O4S. The predicted octanol–water partition coefficient (Wildman–Crippen LogP) is 4.03. The van der Waals surface area contributed by atoms with Gasteiger partial charge in [0.1, 0.15) is 17.1 Å². The zero-order valence-electron chi connectivity index (χ0n) is 15.1. The number of carbonyl (C=O) groups is 1. The van der Waals surface area contributed by atoms with E-state index in [9.17, 15) is 14.3 Å². The lowest BCUT2D eigenvalue weighted by atomic mass is 10.3. The Hall–Kier alpha value is -3.57. The first-order valence-electron chi connectivity index (χ1n) is 8.24. The lowest BCUT2D eigenvalue weighted by Crippen LogP contribution is -2.13. The van der Waals surface area contributed by atoms with Gasteiger partial charge in [0.05, 0.1) is 18.3 Å². The molecule has 0 spiro atoms. The van der Waals surface area contributed by atoms with Crippen LogP contribution in [0.15, 0.2) is 36.7 Å². The molecule has 152 valence electrons. The molecule has 4 aromatic rings. The number of methoxy groups -OCH3 is 1. The maximum Gasteiger partial charge on any atom is 0.323 e. The standard InChI is InChI=1S/C18H11ClFN5O4S/c1-28-12-4-5-21-13(14(12)26)15(27)24-18-23-10-7-22-17(25-16(10)30-18)29-11-3-2-8(20)6-9(11)19/h2-7,26H,1H3,(H,23,24,27). The summed E-state index contributed by atoms with van der Waals surface area (Å²) in [4.78, 5) is 29.2. The summed E-state index contributed by atoms with van der Waals surface area (Å²) in [6.07, 6.45) is 2.74. The van der Waals surface area contributed by atoms with Crippen molar-refractivity contribution in [3.05, 3.63) is 53.2 Å². The third-order valence-electron chi connectivity index (χ3n) is 3.77. The molecule has 12 heteroatoms. The zero-order valence-corrected chi connectivity index (χ0v) is 16.7. The Bertz CT molecular complexity index is 1270. The van der Waals surface area contributed by atoms with Crippen LogP contribution >= 0.6 is 22.9 Å². The van der Waals surface area contributed by atoms with Crippen molar-refractivity contribution in [2.75, 3.05) is 12.4 Å². The Kier molecular flexibility index (Phi) is 5.29. The van der Waals surface area contributed by atoms with E-state index in [4.69, 9.17) is 21.1 Å². The maximum absolute atomic E-state index is 13.2. The van der Waals surface area contributed by atoms with Crippen molar-refractivity contribution in [3.63, 3.8) is 0 Å². The van der Waals surface area contributed by atoms with Gasteiger partial charge in [-0.25, -0.2) is 19.3 Å². The number of anilines is 1. The van der Waals surface area contributed by atoms with E-state index in [1.165, 1.54) is 37.7 Å². The number of benzene rings is 1. The number of nitrogens with zero attached hydrogens (tertiary/aromatic N) is 4. The molecule has 0 aliphatic heterocycles. The Morgan fingerprint density at radius 1 is 1.23 bits per heavy atom. The number of hydrogen-bond acceptors (Lipinski definition) is 9. The number of amides is 1. The average Bonchev–Trinajstić information content (AvgIpc) is 3.11. The third-order valence-corrected chi connectivity index (χ3v) is 4.94. The lowest BCUT2D eigenvalue weighted by Gasteiger charge is -2.06. The van der Waals surface area contributed by atoms with Crippen LogP contribution in [0.3, 0.4) is 0 Å². The van der Waals surface area contributed by atoms with Crippen molar-refractivity contribution in [2.24, 2.45) is 0 Å². The highest BCUT2D eigenvalue weighted by atomic mass is 35.5. The SMILES string of the molecule is COc1ccnc(C(=O)Nc2nc3cnc(Oc4ccc(F)cc4Cl)nc3s2)c1O. The number of aromatic hydroxyl groups is 1. The van der Waals surface area contributed by atoms with E-state index in [1.54, 1.807) is 0 Å². The molecule has 3 heterocycles. The van der Waals surface area contributed by atoms with Gasteiger partial charge in [0.2, 0.25) is 0 Å². The predicted molar refractivity (Wildman–Crippen MR) is 107 cm³/mol. The number of halogens is 2. The van der Waals surface area contributed by atoms with Gasteiger partial charge in [-0.05, 0) is 18.2 Å². The number of pyridine rings is 1. The molecular weight excluding hydrogens is 437 g/mol. The molecule has 1 aromatic carbocycles. The monoisotopic (exact) mass is 447 g/mol. The average molecular weight is 448 g/mol. The summed E-state index contributed by atoms with van der Waals surface area (Å²) in [6, 6.07) is 5.07. The van der Waals surface area contributed by atoms with E-state index in [-0.39, 0.29) is 39.1 Å². The molecule has 0 saturated heterocycles. The Morgan fingerprint density at radius 3 is 2.83 bits per heavy atom. The molecule has 0 unspecified atom stereocenters. The summed E-state index contributed by atoms with van der Waals surface area (Å²) in [7, 11) is 1.36. The molecule has 0 fully saturated rings. The van der Waals surface area contributed by atoms with Crippen molar-refractivity contribution in [3.8, 4) is 23.3 Å². The minimum absolute atomic E-state index is 0.0235. The first-order valence-corrected chi connectivity index (χ1v) is 9.44. The summed E-state index contributed by atoms with van der Waals surface area (Å²) < 4.78 is 23.6. The quantitative estimate of drug-likeness (QED) is 0.470. The first-order chi connectivity index (χ1) is 14.4. The maximum atomic E-state index is 13.2. The molecule has 30 heavy (non-hydrogen) atoms. The normalized spacial score (nSPS) is 10.8. The van der Waals surface area contributed by atoms with E-state index in [0.29, 0.717) is 10.3 Å². The van der Waals surface area contributed by atoms with Gasteiger partial charge in [-0.2, -0.15) is 4.98 Å². The molecule has 4 rings (SSSR count). The molecule has 0 aliphatic carbocycles. The number of ether oxygens (including phenoxy) is 2. The zero-order chi connectivity index (χ0) is 21.3. The fourth-order valence-corrected chi connectivity index (χ4v) is 3.41. The first kappa shape index (κ1) is 19.7. The summed E-state index contributed by atoms with van der Waals surface area (Å²) in [5.74, 6) is -1.25. The molecule has 0 aliphatic rings. The minimum Gasteiger partial charge on any atom is -0.503 e. The second kappa shape index (κ2) is 8.05. The van der Waals surface area contributed by atoms with E-state index < -0.39 is 11.7 Å². The number of carbonyl (C=O) groups excluding carboxylic acids is 1. The van der Waals surface area contributed by atoms with Gasteiger partial charge < -0.3 is 14.6 Å². The van der Waals surface area contributed by atoms with Crippen LogP contribution in [0.5, 0.6) is 23.3 Å². The second-order valence-corrected chi connectivity index (χ2v) is 7.09. The van der Waals surface area contributed by atoms with Crippen molar-refractivity contribution < 1.29 is 23.8 Å². The van der Waals surface area contributed by atoms with Crippen LogP contribution in [-0.4, -0.2) is 38.1 Å². The van der Waals surface area contributed by atoms with Gasteiger partial charge >= 0.3 is 6.01 Å². The molecule has 0 saturated carbocycles. The number of thiazole rings is 1. The Morgan fingerprint density at radius 2 is 2.07 bits per heavy atom. The number of hydrogen-bond donors (Lipinski definition) is 2. The number of nitrogens with one attached hydrogen (secondary N) is 1. The molecule has 0 bridgehead atoms. The van der Waals surface area contributed by atoms with Gasteiger partial charge in [0.15, 0.2) is 27.2 Å². The summed E-state index contributed by atoms with van der Waals surface area (Å²) in [5.41, 5.74) is 0.199. The molecule has 0 atom stereocenters. The van der Waals surface area contributed by atoms with Crippen LogP contribution in [0.4, 0.5) is 9.52 Å². The van der Waals surface area contributed by atoms with Gasteiger partial charge in [0, 0.05) is 12.3 Å². The van der Waals surface area contributed by atoms with E-state index in [0.717, 1.165) is 17.4 Å². The smallest absolute Gasteiger partial charge is 0.323 e. The van der Waals surface area contributed by atoms with Crippen LogP contribution in [0.25, 0.3) is 10.3 Å². The van der Waals surface area contributed by atoms with E-state index in [2.05, 4.69) is 25.3 Å². The molecule has 1 amide bonds. The fourth-order valence-electron chi connectivity index (χ4n) is 2.40. The molecule has 0 radical (unpaired) electrons. The van der Waals surface area contributed by atoms with Crippen molar-refractivity contribution in [2.45, 2.75) is 0 Å². The highest BCUT2D eigenvalue weighted by molar-refractivity contribution is 7.22. The molecule has 9 nitrogen and oxygen atoms in total. The van der Waals surface area contributed by atoms with Crippen molar-refractivity contribution in [1.82, 2.24) is 19.9 Å². The fraction of sp³-hybridized carbons (Fsp3) is 0.0556. The van der Waals surface area contributed by atoms with Gasteiger partial charge in [0.25, 0.3) is 5.91 Å². The molecule has 2 N–H and O–H groups in total. The Balaban J connectivity index is 1.56. The van der Waals surface area contributed by atoms with Gasteiger partial charge in [-0.15, -0.1) is 0 Å². The number of rotatable bonds is 5. The third kappa shape index (κ3) is 3.93. The van der Waals surface area contributed by atoms with Crippen LogP contribution in [0, 0.1) is 5.82 Å². The van der Waals surface area contributed by atoms with Crippen molar-refractivity contribution >= 4 is 44.3 Å². The highest BCUT2D eigenvalue weighted by Gasteiger charge is 2.19. The summed E-state index contributed by atoms with van der Waals surface area (Å²) >= 11 is 7.00. The second-order valence-electron chi connectivity index (χ2n) is 5.70. The van der Waals surface area contributed by atoms with Crippen LogP contribution in [-0.2, 0) is 0 Å². The summed E-state index contributed by atoms with van der Waals surface area (Å²) in [5, 5.41) is 12.9. The topological polar surface area (TPSA) is 119 Å². The van der Waals surface area contributed by atoms with Crippen LogP contribution in [0.2, 0.25) is 5.02 Å². The van der Waals surface area contributed by atoms with Gasteiger partial charge in [-0.3, -0.25) is 10.1 Å². The summed E-state index contributed by atoms with van der Waals surface area (Å²) in [6.45, 7) is 0. The van der Waals surface area contributed by atoms with Crippen LogP contribution < -0.4 is 14.8 Å². The lowest BCUT2D eigenvalue weighted by molar-refractivity contribution is 0.101. The van der Waals surface area contributed by atoms with E-state index >= 15 is 0 Å². The highest BCUT2D eigenvalue weighted by Crippen LogP contribution is 2.32. The van der Waals surface area contributed by atoms with E-state index in [1.807, 2.05) is 0 Å². The number of aromatic nitrogens is 4. The van der Waals surface area contributed by atoms with Gasteiger partial charge in [-0.1, -0.05) is 22.9 Å². The molecule has 3 aromatic heterocycles. The van der Waals surface area contributed by atoms with Crippen molar-refractivity contribution in [1.29, 1.82) is 0 Å². The minimum atomic E-state index is -0.673. The number of fused-ring (bicyclic) bond motifs is 1. The largest absolute Gasteiger partial charge is 0.503 e.